The number of carbonyl (C=O) groups excluding carboxylic acids is 1. The average molecular weight is 489 g/mol. The monoisotopic (exact) mass is 488 g/mol. The van der Waals surface area contributed by atoms with Crippen LogP contribution in [0.1, 0.15) is 12.8 Å². The minimum Gasteiger partial charge on any atom is -0.353 e. The van der Waals surface area contributed by atoms with Gasteiger partial charge in [0, 0.05) is 45.7 Å². The summed E-state index contributed by atoms with van der Waals surface area (Å²) in [7, 11) is 0. The maximum Gasteiger partial charge on any atom is 0.227 e. The van der Waals surface area contributed by atoms with Gasteiger partial charge in [0.25, 0.3) is 0 Å². The molecule has 7 nitrogen and oxygen atoms in total. The van der Waals surface area contributed by atoms with Gasteiger partial charge in [-0.3, -0.25) is 14.9 Å². The highest BCUT2D eigenvalue weighted by atomic mass is 19.1. The summed E-state index contributed by atoms with van der Waals surface area (Å²) in [6.07, 6.45) is 7.06. The topological polar surface area (TPSA) is 99.3 Å². The van der Waals surface area contributed by atoms with Crippen LogP contribution < -0.4 is 5.32 Å². The molecule has 1 saturated carbocycles. The Balaban J connectivity index is 1.28. The zero-order valence-electron chi connectivity index (χ0n) is 19.6. The maximum atomic E-state index is 13.5. The Morgan fingerprint density at radius 2 is 1.76 bits per heavy atom. The van der Waals surface area contributed by atoms with Crippen LogP contribution in [0.3, 0.4) is 0 Å². The summed E-state index contributed by atoms with van der Waals surface area (Å²) in [6, 6.07) is 18.5. The molecule has 0 atom stereocenters. The van der Waals surface area contributed by atoms with Crippen LogP contribution in [0.25, 0.3) is 55.6 Å². The molecule has 2 aromatic carbocycles. The fourth-order valence-corrected chi connectivity index (χ4v) is 4.69. The predicted molar refractivity (Wildman–Crippen MR) is 141 cm³/mol. The van der Waals surface area contributed by atoms with Crippen LogP contribution in [0.2, 0.25) is 0 Å². The number of aromatic amines is 2. The van der Waals surface area contributed by atoms with Crippen molar-refractivity contribution in [1.82, 2.24) is 25.1 Å². The number of fused-ring (bicyclic) bond motifs is 2. The van der Waals surface area contributed by atoms with Gasteiger partial charge in [0.05, 0.1) is 23.3 Å². The first-order valence-corrected chi connectivity index (χ1v) is 12.1. The average Bonchev–Trinajstić information content (AvgIpc) is 3.55. The SMILES string of the molecule is O=C(Nc1cncc(-c2cnc3n[nH]c(-c4cc5c(-c6ccc(F)cc6)cccc5[nH]4)c3c2)c1)C1CC1. The number of aromatic nitrogens is 5. The van der Waals surface area contributed by atoms with Crippen LogP contribution in [0, 0.1) is 11.7 Å². The van der Waals surface area contributed by atoms with Gasteiger partial charge in [-0.1, -0.05) is 24.3 Å². The minimum absolute atomic E-state index is 0.0449. The quantitative estimate of drug-likeness (QED) is 0.264. The smallest absolute Gasteiger partial charge is 0.227 e. The Hall–Kier alpha value is -4.85. The van der Waals surface area contributed by atoms with Crippen molar-refractivity contribution >= 4 is 33.5 Å². The first kappa shape index (κ1) is 21.4. The first-order valence-electron chi connectivity index (χ1n) is 12.1. The van der Waals surface area contributed by atoms with E-state index in [1.54, 1.807) is 30.7 Å². The lowest BCUT2D eigenvalue weighted by molar-refractivity contribution is -0.117. The summed E-state index contributed by atoms with van der Waals surface area (Å²) < 4.78 is 13.5. The number of anilines is 1. The van der Waals surface area contributed by atoms with Crippen LogP contribution in [0.15, 0.2) is 79.3 Å². The molecule has 37 heavy (non-hydrogen) atoms. The summed E-state index contributed by atoms with van der Waals surface area (Å²) in [5.74, 6) is -0.0949. The standard InChI is InChI=1S/C29H21FN6O/c30-20-8-6-16(7-9-20)22-2-1-3-25-23(22)12-26(34-25)27-24-11-19(14-32-28(24)36-35-27)18-10-21(15-31-13-18)33-29(37)17-4-5-17/h1-3,6-15,17,34H,4-5H2,(H,33,37)(H,32,35,36). The molecule has 1 aliphatic rings. The summed E-state index contributed by atoms with van der Waals surface area (Å²) in [6.45, 7) is 0. The molecule has 7 rings (SSSR count). The van der Waals surface area contributed by atoms with Gasteiger partial charge in [0.15, 0.2) is 5.65 Å². The van der Waals surface area contributed by atoms with Gasteiger partial charge in [-0.05, 0) is 60.4 Å². The van der Waals surface area contributed by atoms with E-state index in [-0.39, 0.29) is 17.6 Å². The van der Waals surface area contributed by atoms with Gasteiger partial charge in [-0.15, -0.1) is 0 Å². The number of benzene rings is 2. The number of hydrogen-bond acceptors (Lipinski definition) is 4. The third-order valence-electron chi connectivity index (χ3n) is 6.79. The van der Waals surface area contributed by atoms with Crippen molar-refractivity contribution in [2.75, 3.05) is 5.32 Å². The van der Waals surface area contributed by atoms with Gasteiger partial charge in [0.2, 0.25) is 5.91 Å². The largest absolute Gasteiger partial charge is 0.353 e. The number of halogens is 1. The molecule has 4 heterocycles. The molecule has 180 valence electrons. The number of H-pyrrole nitrogens is 2. The molecule has 0 spiro atoms. The van der Waals surface area contributed by atoms with E-state index in [0.29, 0.717) is 11.3 Å². The fraction of sp³-hybridized carbons (Fsp3) is 0.103. The van der Waals surface area contributed by atoms with E-state index in [4.69, 9.17) is 0 Å². The molecule has 0 aliphatic heterocycles. The zero-order valence-corrected chi connectivity index (χ0v) is 19.6. The summed E-state index contributed by atoms with van der Waals surface area (Å²) in [4.78, 5) is 24.5. The van der Waals surface area contributed by atoms with E-state index in [0.717, 1.165) is 62.8 Å². The number of pyridine rings is 2. The van der Waals surface area contributed by atoms with Crippen LogP contribution in [0.4, 0.5) is 10.1 Å². The van der Waals surface area contributed by atoms with Crippen molar-refractivity contribution in [2.45, 2.75) is 12.8 Å². The van der Waals surface area contributed by atoms with E-state index < -0.39 is 0 Å². The van der Waals surface area contributed by atoms with E-state index in [1.165, 1.54) is 12.1 Å². The Kier molecular flexibility index (Phi) is 4.85. The second-order valence-electron chi connectivity index (χ2n) is 9.38. The molecular weight excluding hydrogens is 467 g/mol. The van der Waals surface area contributed by atoms with Crippen LogP contribution in [-0.4, -0.2) is 31.1 Å². The number of hydrogen-bond donors (Lipinski definition) is 3. The highest BCUT2D eigenvalue weighted by Gasteiger charge is 2.29. The van der Waals surface area contributed by atoms with Crippen molar-refractivity contribution < 1.29 is 9.18 Å². The lowest BCUT2D eigenvalue weighted by atomic mass is 10.0. The summed E-state index contributed by atoms with van der Waals surface area (Å²) in [5.41, 5.74) is 7.60. The van der Waals surface area contributed by atoms with Crippen LogP contribution in [-0.2, 0) is 4.79 Å². The predicted octanol–water partition coefficient (Wildman–Crippen LogP) is 6.32. The molecule has 1 amide bonds. The van der Waals surface area contributed by atoms with Crippen LogP contribution in [0.5, 0.6) is 0 Å². The number of carbonyl (C=O) groups is 1. The Morgan fingerprint density at radius 3 is 2.59 bits per heavy atom. The fourth-order valence-electron chi connectivity index (χ4n) is 4.69. The Morgan fingerprint density at radius 1 is 0.919 bits per heavy atom. The van der Waals surface area contributed by atoms with E-state index in [1.807, 2.05) is 30.3 Å². The van der Waals surface area contributed by atoms with E-state index >= 15 is 0 Å². The Bertz CT molecular complexity index is 1800. The molecule has 4 aromatic heterocycles. The molecule has 0 saturated heterocycles. The van der Waals surface area contributed by atoms with Gasteiger partial charge in [-0.25, -0.2) is 9.37 Å². The van der Waals surface area contributed by atoms with E-state index in [9.17, 15) is 9.18 Å². The molecular formula is C29H21FN6O. The lowest BCUT2D eigenvalue weighted by Gasteiger charge is -2.07. The van der Waals surface area contributed by atoms with Gasteiger partial charge < -0.3 is 10.3 Å². The number of amides is 1. The molecule has 3 N–H and O–H groups in total. The van der Waals surface area contributed by atoms with E-state index in [2.05, 4.69) is 36.5 Å². The van der Waals surface area contributed by atoms with Gasteiger partial charge in [-0.2, -0.15) is 5.10 Å². The zero-order chi connectivity index (χ0) is 24.9. The summed E-state index contributed by atoms with van der Waals surface area (Å²) >= 11 is 0. The van der Waals surface area contributed by atoms with Crippen molar-refractivity contribution in [1.29, 1.82) is 0 Å². The Labute approximate surface area is 210 Å². The second kappa shape index (κ2) is 8.37. The molecule has 0 radical (unpaired) electrons. The third-order valence-corrected chi connectivity index (χ3v) is 6.79. The molecule has 1 aliphatic carbocycles. The number of nitrogens with one attached hydrogen (secondary N) is 3. The van der Waals surface area contributed by atoms with Gasteiger partial charge in [0.1, 0.15) is 5.82 Å². The third kappa shape index (κ3) is 3.92. The molecule has 8 heteroatoms. The van der Waals surface area contributed by atoms with Gasteiger partial charge >= 0.3 is 0 Å². The minimum atomic E-state index is -0.260. The molecule has 0 bridgehead atoms. The summed E-state index contributed by atoms with van der Waals surface area (Å²) in [5, 5.41) is 12.4. The highest BCUT2D eigenvalue weighted by molar-refractivity contribution is 6.01. The van der Waals surface area contributed by atoms with Crippen LogP contribution >= 0.6 is 0 Å². The molecule has 6 aromatic rings. The lowest BCUT2D eigenvalue weighted by Crippen LogP contribution is -2.13. The molecule has 1 fully saturated rings. The maximum absolute atomic E-state index is 13.5. The van der Waals surface area contributed by atoms with Crippen molar-refractivity contribution in [3.05, 3.63) is 85.1 Å². The van der Waals surface area contributed by atoms with Crippen molar-refractivity contribution in [3.8, 4) is 33.6 Å². The second-order valence-corrected chi connectivity index (χ2v) is 9.38. The first-order chi connectivity index (χ1) is 18.1. The normalized spacial score (nSPS) is 13.3. The molecule has 0 unspecified atom stereocenters. The number of nitrogens with zero attached hydrogens (tertiary/aromatic N) is 3. The number of rotatable bonds is 5. The van der Waals surface area contributed by atoms with Crippen molar-refractivity contribution in [2.24, 2.45) is 5.92 Å². The highest BCUT2D eigenvalue weighted by Crippen LogP contribution is 2.35. The van der Waals surface area contributed by atoms with Crippen molar-refractivity contribution in [3.63, 3.8) is 0 Å².